The Hall–Kier alpha value is -6.13. The summed E-state index contributed by atoms with van der Waals surface area (Å²) < 4.78 is 33.8. The van der Waals surface area contributed by atoms with Crippen molar-refractivity contribution in [3.8, 4) is 23.0 Å². The van der Waals surface area contributed by atoms with Gasteiger partial charge in [0, 0.05) is 11.6 Å². The number of carbonyl (C=O) groups is 5. The van der Waals surface area contributed by atoms with Crippen LogP contribution in [0, 0.1) is 23.7 Å². The summed E-state index contributed by atoms with van der Waals surface area (Å²) >= 11 is 1.23. The van der Waals surface area contributed by atoms with E-state index in [0.29, 0.717) is 86.8 Å². The van der Waals surface area contributed by atoms with Gasteiger partial charge in [-0.1, -0.05) is 30.0 Å². The number of thiazole rings is 1. The number of anilines is 1. The van der Waals surface area contributed by atoms with Gasteiger partial charge in [0.05, 0.1) is 60.4 Å². The predicted molar refractivity (Wildman–Crippen MR) is 229 cm³/mol. The molecule has 0 bridgehead atoms. The summed E-state index contributed by atoms with van der Waals surface area (Å²) in [7, 11) is 1.35. The van der Waals surface area contributed by atoms with Gasteiger partial charge in [-0.15, -0.1) is 5.17 Å². The van der Waals surface area contributed by atoms with Gasteiger partial charge in [-0.3, -0.25) is 24.4 Å². The number of aromatic nitrogens is 1. The molecule has 15 nitrogen and oxygen atoms in total. The lowest BCUT2D eigenvalue weighted by atomic mass is 9.82. The van der Waals surface area contributed by atoms with Gasteiger partial charge in [-0.2, -0.15) is 5.10 Å². The van der Waals surface area contributed by atoms with E-state index in [0.717, 1.165) is 36.5 Å². The second-order valence-electron chi connectivity index (χ2n) is 15.2. The maximum Gasteiger partial charge on any atom is 0.330 e. The molecule has 0 spiro atoms. The lowest BCUT2D eigenvalue weighted by Crippen LogP contribution is -2.30. The molecule has 16 heteroatoms. The number of methoxy groups -OCH3 is 1. The van der Waals surface area contributed by atoms with E-state index in [2.05, 4.69) is 16.7 Å². The SMILES string of the molecule is C=CC(=O)OCCCCCCOc1ccc(OC(=O)C2CCC(C(=O)Oc3ccc(OC(=O)C4CCC(C(=O)OC)CC4)c(C=NN(O)c4nc5ccccc5s4)c3)CC2)cc1. The van der Waals surface area contributed by atoms with Crippen LogP contribution in [-0.2, 0) is 33.4 Å². The van der Waals surface area contributed by atoms with E-state index in [4.69, 9.17) is 28.4 Å². The molecule has 2 aliphatic carbocycles. The normalized spacial score (nSPS) is 18.7. The van der Waals surface area contributed by atoms with Crippen molar-refractivity contribution >= 4 is 62.7 Å². The molecule has 2 fully saturated rings. The number of nitrogens with zero attached hydrogens (tertiary/aromatic N) is 3. The zero-order valence-electron chi connectivity index (χ0n) is 34.6. The number of hydrazone groups is 1. The molecule has 3 aromatic carbocycles. The first kappa shape index (κ1) is 45.4. The Morgan fingerprint density at radius 3 is 1.89 bits per heavy atom. The van der Waals surface area contributed by atoms with Crippen molar-refractivity contribution in [1.29, 1.82) is 0 Å². The van der Waals surface area contributed by atoms with E-state index in [1.54, 1.807) is 24.3 Å². The Balaban J connectivity index is 0.996. The molecule has 1 heterocycles. The highest BCUT2D eigenvalue weighted by atomic mass is 32.1. The predicted octanol–water partition coefficient (Wildman–Crippen LogP) is 8.40. The van der Waals surface area contributed by atoms with Crippen LogP contribution in [0.1, 0.15) is 82.6 Å². The van der Waals surface area contributed by atoms with E-state index in [1.165, 1.54) is 42.9 Å². The fraction of sp³-hybridized carbons (Fsp3) is 0.413. The van der Waals surface area contributed by atoms with Crippen LogP contribution in [0.3, 0.4) is 0 Å². The molecule has 1 aromatic heterocycles. The summed E-state index contributed by atoms with van der Waals surface area (Å²) in [5.74, 6) is -2.12. The van der Waals surface area contributed by atoms with Crippen molar-refractivity contribution in [2.75, 3.05) is 25.5 Å². The number of unbranched alkanes of at least 4 members (excludes halogenated alkanes) is 3. The molecular weight excluding hydrogens is 819 g/mol. The summed E-state index contributed by atoms with van der Waals surface area (Å²) in [6.07, 6.45) is 9.61. The Morgan fingerprint density at radius 1 is 0.726 bits per heavy atom. The van der Waals surface area contributed by atoms with Crippen LogP contribution in [0.2, 0.25) is 0 Å². The van der Waals surface area contributed by atoms with E-state index in [1.807, 2.05) is 24.3 Å². The number of fused-ring (bicyclic) bond motifs is 1. The molecular formula is C46H51N3O12S. The smallest absolute Gasteiger partial charge is 0.330 e. The highest BCUT2D eigenvalue weighted by molar-refractivity contribution is 7.22. The number of hydrogen-bond donors (Lipinski definition) is 1. The average Bonchev–Trinajstić information content (AvgIpc) is 3.75. The highest BCUT2D eigenvalue weighted by Crippen LogP contribution is 2.35. The number of hydrogen-bond acceptors (Lipinski definition) is 16. The molecule has 0 unspecified atom stereocenters. The van der Waals surface area contributed by atoms with Crippen molar-refractivity contribution in [2.45, 2.75) is 77.0 Å². The van der Waals surface area contributed by atoms with Gasteiger partial charge in [-0.25, -0.2) is 9.78 Å². The molecule has 0 saturated heterocycles. The van der Waals surface area contributed by atoms with E-state index in [9.17, 15) is 29.2 Å². The van der Waals surface area contributed by atoms with Gasteiger partial charge in [0.15, 0.2) is 0 Å². The summed E-state index contributed by atoms with van der Waals surface area (Å²) in [4.78, 5) is 67.2. The van der Waals surface area contributed by atoms with Gasteiger partial charge >= 0.3 is 29.8 Å². The first-order valence-corrected chi connectivity index (χ1v) is 21.7. The fourth-order valence-electron chi connectivity index (χ4n) is 7.37. The molecule has 2 aliphatic rings. The minimum absolute atomic E-state index is 0.140. The molecule has 4 aromatic rings. The number of para-hydroxylation sites is 1. The topological polar surface area (TPSA) is 189 Å². The third kappa shape index (κ3) is 12.9. The van der Waals surface area contributed by atoms with Crippen LogP contribution in [0.4, 0.5) is 5.13 Å². The third-order valence-corrected chi connectivity index (χ3v) is 11.9. The van der Waals surface area contributed by atoms with Crippen LogP contribution in [0.15, 0.2) is 84.5 Å². The standard InChI is InChI=1S/C46H51N3O12S/c1-3-41(50)58-27-9-5-4-8-26-57-35-20-22-36(23-21-35)59-43(52)31-16-18-32(19-17-31)44(53)60-37-24-25-39(61-45(54)33-14-12-30(13-15-33)42(51)56-2)34(28-37)29-47-49(55)46-48-38-10-6-7-11-40(38)62-46/h3,6-7,10-11,20-25,28-33,55H,1,4-5,8-9,12-19,26-27H2,2H3. The number of carbonyl (C=O) groups excluding carboxylic acids is 5. The molecule has 6 rings (SSSR count). The van der Waals surface area contributed by atoms with E-state index >= 15 is 0 Å². The van der Waals surface area contributed by atoms with Crippen LogP contribution >= 0.6 is 11.3 Å². The summed E-state index contributed by atoms with van der Waals surface area (Å²) in [5.41, 5.74) is 0.952. The molecule has 0 radical (unpaired) electrons. The Bertz CT molecular complexity index is 2170. The maximum absolute atomic E-state index is 13.4. The largest absolute Gasteiger partial charge is 0.494 e. The van der Waals surface area contributed by atoms with Gasteiger partial charge in [0.1, 0.15) is 23.0 Å². The Morgan fingerprint density at radius 2 is 1.27 bits per heavy atom. The number of rotatable bonds is 19. The number of ether oxygens (including phenoxy) is 6. The van der Waals surface area contributed by atoms with Gasteiger partial charge in [0.2, 0.25) is 5.13 Å². The average molecular weight is 870 g/mol. The van der Waals surface area contributed by atoms with Crippen molar-refractivity contribution in [3.63, 3.8) is 0 Å². The van der Waals surface area contributed by atoms with Gasteiger partial charge in [-0.05, 0) is 132 Å². The van der Waals surface area contributed by atoms with Crippen molar-refractivity contribution in [1.82, 2.24) is 4.98 Å². The Kier molecular flexibility index (Phi) is 16.6. The van der Waals surface area contributed by atoms with Gasteiger partial charge < -0.3 is 28.4 Å². The summed E-state index contributed by atoms with van der Waals surface area (Å²) in [6, 6.07) is 18.8. The molecule has 62 heavy (non-hydrogen) atoms. The van der Waals surface area contributed by atoms with Crippen molar-refractivity contribution < 1.29 is 57.6 Å². The highest BCUT2D eigenvalue weighted by Gasteiger charge is 2.34. The Labute approximate surface area is 363 Å². The van der Waals surface area contributed by atoms with Crippen LogP contribution in [-0.4, -0.2) is 66.6 Å². The van der Waals surface area contributed by atoms with Gasteiger partial charge in [0.25, 0.3) is 0 Å². The summed E-state index contributed by atoms with van der Waals surface area (Å²) in [5, 5.41) is 15.8. The zero-order chi connectivity index (χ0) is 43.8. The molecule has 0 aliphatic heterocycles. The third-order valence-electron chi connectivity index (χ3n) is 10.9. The quantitative estimate of drug-likeness (QED) is 0.0236. The van der Waals surface area contributed by atoms with E-state index < -0.39 is 29.7 Å². The monoisotopic (exact) mass is 869 g/mol. The second kappa shape index (κ2) is 22.6. The lowest BCUT2D eigenvalue weighted by Gasteiger charge is -2.26. The molecule has 0 amide bonds. The van der Waals surface area contributed by atoms with Crippen LogP contribution in [0.5, 0.6) is 23.0 Å². The molecule has 0 atom stereocenters. The number of esters is 5. The molecule has 328 valence electrons. The van der Waals surface area contributed by atoms with Crippen LogP contribution < -0.4 is 24.1 Å². The fourth-order valence-corrected chi connectivity index (χ4v) is 8.20. The van der Waals surface area contributed by atoms with E-state index in [-0.39, 0.29) is 46.0 Å². The number of benzene rings is 3. The lowest BCUT2D eigenvalue weighted by molar-refractivity contribution is -0.149. The molecule has 1 N–H and O–H groups in total. The first-order chi connectivity index (χ1) is 30.1. The minimum atomic E-state index is -0.470. The molecule has 2 saturated carbocycles. The maximum atomic E-state index is 13.4. The van der Waals surface area contributed by atoms with Crippen molar-refractivity contribution in [3.05, 3.63) is 84.9 Å². The first-order valence-electron chi connectivity index (χ1n) is 20.9. The van der Waals surface area contributed by atoms with Crippen LogP contribution in [0.25, 0.3) is 10.2 Å². The minimum Gasteiger partial charge on any atom is -0.494 e. The van der Waals surface area contributed by atoms with Crippen molar-refractivity contribution in [2.24, 2.45) is 28.8 Å². The zero-order valence-corrected chi connectivity index (χ0v) is 35.4. The summed E-state index contributed by atoms with van der Waals surface area (Å²) in [6.45, 7) is 4.28. The second-order valence-corrected chi connectivity index (χ2v) is 16.2.